The highest BCUT2D eigenvalue weighted by molar-refractivity contribution is 5.82. The first-order chi connectivity index (χ1) is 20.5. The van der Waals surface area contributed by atoms with E-state index in [1.54, 1.807) is 12.1 Å². The highest BCUT2D eigenvalue weighted by Gasteiger charge is 2.58. The Labute approximate surface area is 249 Å². The summed E-state index contributed by atoms with van der Waals surface area (Å²) in [4.78, 5) is 24.9. The molecule has 0 aliphatic carbocycles. The lowest BCUT2D eigenvalue weighted by molar-refractivity contribution is -0.311. The maximum Gasteiger partial charge on any atom is 0.335 e. The van der Waals surface area contributed by atoms with Gasteiger partial charge >= 0.3 is 5.97 Å². The predicted molar refractivity (Wildman–Crippen MR) is 159 cm³/mol. The number of benzene rings is 2. The van der Waals surface area contributed by atoms with Crippen LogP contribution in [0.4, 0.5) is 0 Å². The maximum absolute atomic E-state index is 13.1. The van der Waals surface area contributed by atoms with Gasteiger partial charge in [0, 0.05) is 12.6 Å². The third kappa shape index (κ3) is 7.54. The Balaban J connectivity index is 1.51. The number of aliphatic hydroxyl groups is 3. The Morgan fingerprint density at radius 3 is 2.53 bits per heavy atom. The molecular weight excluding hydrogens is 558 g/mol. The van der Waals surface area contributed by atoms with Crippen molar-refractivity contribution in [2.24, 2.45) is 5.92 Å². The van der Waals surface area contributed by atoms with E-state index in [1.807, 2.05) is 0 Å². The van der Waals surface area contributed by atoms with Crippen LogP contribution in [0.3, 0.4) is 0 Å². The Morgan fingerprint density at radius 1 is 1.09 bits per heavy atom. The van der Waals surface area contributed by atoms with Crippen LogP contribution in [0.25, 0.3) is 22.1 Å². The molecule has 1 fully saturated rings. The summed E-state index contributed by atoms with van der Waals surface area (Å²) in [5.41, 5.74) is -1.54. The number of fused-ring (bicyclic) bond motifs is 1. The second kappa shape index (κ2) is 14.3. The molecule has 6 atom stereocenters. The zero-order valence-electron chi connectivity index (χ0n) is 24.4. The Hall–Kier alpha value is -3.48. The van der Waals surface area contributed by atoms with Crippen LogP contribution in [0, 0.1) is 5.92 Å². The number of nitrogens with one attached hydrogen (secondary N) is 1. The molecule has 0 amide bonds. The summed E-state index contributed by atoms with van der Waals surface area (Å²) in [7, 11) is 0. The van der Waals surface area contributed by atoms with Gasteiger partial charge in [0.1, 0.15) is 35.6 Å². The molecule has 43 heavy (non-hydrogen) atoms. The summed E-state index contributed by atoms with van der Waals surface area (Å²) in [6, 6.07) is 10.4. The fourth-order valence-corrected chi connectivity index (χ4v) is 5.30. The molecule has 234 valence electrons. The quantitative estimate of drug-likeness (QED) is 0.150. The molecule has 0 bridgehead atoms. The van der Waals surface area contributed by atoms with Gasteiger partial charge in [0.05, 0.1) is 10.9 Å². The number of carboxylic acid groups (broad SMARTS) is 1. The smallest absolute Gasteiger partial charge is 0.335 e. The van der Waals surface area contributed by atoms with E-state index in [4.69, 9.17) is 13.9 Å². The van der Waals surface area contributed by atoms with E-state index in [-0.39, 0.29) is 40.0 Å². The molecule has 0 unspecified atom stereocenters. The van der Waals surface area contributed by atoms with Crippen LogP contribution in [-0.4, -0.2) is 74.8 Å². The first-order valence-electron chi connectivity index (χ1n) is 14.7. The minimum atomic E-state index is -2.21. The summed E-state index contributed by atoms with van der Waals surface area (Å²) in [6.45, 7) is 4.59. The number of phenolic OH excluding ortho intramolecular Hbond substituents is 1. The highest BCUT2D eigenvalue weighted by Crippen LogP contribution is 2.33. The number of aliphatic hydroxyl groups excluding tert-OH is 2. The number of ether oxygens (including phenoxy) is 2. The van der Waals surface area contributed by atoms with Crippen LogP contribution in [0.1, 0.15) is 52.4 Å². The van der Waals surface area contributed by atoms with Crippen molar-refractivity contribution < 1.29 is 44.2 Å². The molecule has 11 nitrogen and oxygen atoms in total. The SMILES string of the molecule is CCCCCC[C@H](C)CCNC[C@]1(O)[C@H](Oc2ccc3c(=O)c(-c4ccc(O)cc4)coc3c2)O[C@H](C(=O)O)[C@@H](O)[C@@H]1O. The molecule has 4 rings (SSSR count). The van der Waals surface area contributed by atoms with E-state index in [0.717, 1.165) is 19.3 Å². The minimum Gasteiger partial charge on any atom is -0.508 e. The Kier molecular flexibility index (Phi) is 10.8. The van der Waals surface area contributed by atoms with Crippen molar-refractivity contribution in [2.75, 3.05) is 13.1 Å². The van der Waals surface area contributed by atoms with E-state index >= 15 is 0 Å². The fraction of sp³-hybridized carbons (Fsp3) is 0.500. The zero-order chi connectivity index (χ0) is 31.1. The van der Waals surface area contributed by atoms with Crippen molar-refractivity contribution in [3.63, 3.8) is 0 Å². The third-order valence-corrected chi connectivity index (χ3v) is 8.01. The van der Waals surface area contributed by atoms with Crippen molar-refractivity contribution in [3.05, 3.63) is 59.0 Å². The number of aromatic hydroxyl groups is 1. The monoisotopic (exact) mass is 599 g/mol. The van der Waals surface area contributed by atoms with Gasteiger partial charge in [-0.05, 0) is 48.7 Å². The topological polar surface area (TPSA) is 179 Å². The lowest BCUT2D eigenvalue weighted by Crippen LogP contribution is -2.71. The van der Waals surface area contributed by atoms with Crippen molar-refractivity contribution >= 4 is 16.9 Å². The van der Waals surface area contributed by atoms with Gasteiger partial charge in [0.15, 0.2) is 17.1 Å². The number of rotatable bonds is 14. The molecule has 0 saturated carbocycles. The molecule has 2 aromatic carbocycles. The van der Waals surface area contributed by atoms with Crippen LogP contribution in [0.2, 0.25) is 0 Å². The minimum absolute atomic E-state index is 0.0611. The fourth-order valence-electron chi connectivity index (χ4n) is 5.30. The van der Waals surface area contributed by atoms with Gasteiger partial charge in [-0.25, -0.2) is 4.79 Å². The molecule has 1 aliphatic rings. The summed E-state index contributed by atoms with van der Waals surface area (Å²) in [6.07, 6.45) is 0.549. The van der Waals surface area contributed by atoms with Gasteiger partial charge in [-0.15, -0.1) is 0 Å². The van der Waals surface area contributed by atoms with Crippen LogP contribution < -0.4 is 15.5 Å². The van der Waals surface area contributed by atoms with E-state index in [9.17, 15) is 35.1 Å². The van der Waals surface area contributed by atoms with Gasteiger partial charge in [0.2, 0.25) is 6.29 Å². The highest BCUT2D eigenvalue weighted by atomic mass is 16.7. The molecule has 11 heteroatoms. The number of carboxylic acids is 1. The molecular formula is C32H41NO10. The average molecular weight is 600 g/mol. The van der Waals surface area contributed by atoms with Crippen molar-refractivity contribution in [3.8, 4) is 22.6 Å². The number of unbranched alkanes of at least 4 members (excludes halogenated alkanes) is 3. The molecule has 2 heterocycles. The first-order valence-corrected chi connectivity index (χ1v) is 14.7. The second-order valence-corrected chi connectivity index (χ2v) is 11.4. The van der Waals surface area contributed by atoms with Gasteiger partial charge in [-0.1, -0.05) is 58.1 Å². The first kappa shape index (κ1) is 32.4. The predicted octanol–water partition coefficient (Wildman–Crippen LogP) is 3.39. The van der Waals surface area contributed by atoms with Gasteiger partial charge < -0.3 is 44.7 Å². The van der Waals surface area contributed by atoms with Crippen LogP contribution in [-0.2, 0) is 9.53 Å². The summed E-state index contributed by atoms with van der Waals surface area (Å²) < 4.78 is 17.0. The summed E-state index contributed by atoms with van der Waals surface area (Å²) in [5, 5.41) is 55.3. The van der Waals surface area contributed by atoms with Crippen LogP contribution in [0.5, 0.6) is 11.5 Å². The van der Waals surface area contributed by atoms with E-state index in [1.165, 1.54) is 55.9 Å². The second-order valence-electron chi connectivity index (χ2n) is 11.4. The molecule has 3 aromatic rings. The molecule has 6 N–H and O–H groups in total. The van der Waals surface area contributed by atoms with Crippen LogP contribution in [0.15, 0.2) is 57.9 Å². The average Bonchev–Trinajstić information content (AvgIpc) is 2.98. The lowest BCUT2D eigenvalue weighted by Gasteiger charge is -2.46. The number of phenols is 1. The molecule has 1 saturated heterocycles. The summed E-state index contributed by atoms with van der Waals surface area (Å²) in [5.74, 6) is -0.948. The standard InChI is InChI=1S/C32H41NO10/c1-3-4-5-6-7-19(2)14-15-33-18-32(40)29(37)27(36)28(30(38)39)43-31(32)42-22-12-13-23-25(16-22)41-17-24(26(23)35)20-8-10-21(34)11-9-20/h8-13,16-17,19,27-29,31,33-34,36-37,40H,3-7,14-15,18H2,1-2H3,(H,38,39)/t19-,27+,28-,29-,31+,32+/m0/s1. The molecule has 1 aliphatic heterocycles. The van der Waals surface area contributed by atoms with Gasteiger partial charge in [-0.2, -0.15) is 0 Å². The zero-order valence-corrected chi connectivity index (χ0v) is 24.4. The third-order valence-electron chi connectivity index (χ3n) is 8.01. The Bertz CT molecular complexity index is 1420. The molecule has 0 spiro atoms. The number of carbonyl (C=O) groups is 1. The van der Waals surface area contributed by atoms with E-state index < -0.39 is 36.2 Å². The van der Waals surface area contributed by atoms with E-state index in [0.29, 0.717) is 18.0 Å². The van der Waals surface area contributed by atoms with Crippen molar-refractivity contribution in [1.82, 2.24) is 5.32 Å². The van der Waals surface area contributed by atoms with E-state index in [2.05, 4.69) is 19.2 Å². The van der Waals surface area contributed by atoms with Gasteiger partial charge in [-0.3, -0.25) is 4.79 Å². The lowest BCUT2D eigenvalue weighted by atomic mass is 9.86. The van der Waals surface area contributed by atoms with Crippen molar-refractivity contribution in [1.29, 1.82) is 0 Å². The molecule has 1 aromatic heterocycles. The number of aliphatic carboxylic acids is 1. The largest absolute Gasteiger partial charge is 0.508 e. The molecule has 0 radical (unpaired) electrons. The van der Waals surface area contributed by atoms with Crippen LogP contribution >= 0.6 is 0 Å². The normalized spacial score (nSPS) is 24.6. The maximum atomic E-state index is 13.1. The summed E-state index contributed by atoms with van der Waals surface area (Å²) >= 11 is 0. The van der Waals surface area contributed by atoms with Crippen molar-refractivity contribution in [2.45, 2.75) is 82.6 Å². The number of hydrogen-bond acceptors (Lipinski definition) is 10. The Morgan fingerprint density at radius 2 is 1.84 bits per heavy atom. The van der Waals surface area contributed by atoms with Gasteiger partial charge in [0.25, 0.3) is 0 Å². The number of hydrogen-bond donors (Lipinski definition) is 6.